The molecule has 0 aliphatic rings. The second-order valence-corrected chi connectivity index (χ2v) is 8.55. The third-order valence-corrected chi connectivity index (χ3v) is 5.92. The standard InChI is InChI=1S/C27H26Cl2N2O5/c1-4-35-26(33)21(27(34)36-5-2)14-30-23-16-31(15-19-11-12-20(28)13-22(19)29)17(3)24(23)25(32)18-9-7-6-8-10-18/h6-14,16,30H,4-5,15H2,1-3H3. The smallest absolute Gasteiger partial charge is 0.347 e. The third-order valence-electron chi connectivity index (χ3n) is 5.33. The molecule has 0 unspecified atom stereocenters. The van der Waals surface area contributed by atoms with Crippen molar-refractivity contribution in [2.75, 3.05) is 18.5 Å². The summed E-state index contributed by atoms with van der Waals surface area (Å²) in [6.07, 6.45) is 2.92. The van der Waals surface area contributed by atoms with Gasteiger partial charge in [-0.25, -0.2) is 9.59 Å². The van der Waals surface area contributed by atoms with Crippen molar-refractivity contribution in [2.24, 2.45) is 0 Å². The van der Waals surface area contributed by atoms with Crippen molar-refractivity contribution >= 4 is 46.6 Å². The molecule has 0 amide bonds. The van der Waals surface area contributed by atoms with Crippen molar-refractivity contribution in [3.8, 4) is 0 Å². The molecule has 0 spiro atoms. The van der Waals surface area contributed by atoms with Crippen molar-refractivity contribution in [1.29, 1.82) is 0 Å². The minimum absolute atomic E-state index is 0.0880. The molecular weight excluding hydrogens is 503 g/mol. The Morgan fingerprint density at radius 2 is 1.61 bits per heavy atom. The molecule has 1 heterocycles. The number of rotatable bonds is 10. The van der Waals surface area contributed by atoms with Gasteiger partial charge in [-0.1, -0.05) is 59.6 Å². The number of halogens is 2. The van der Waals surface area contributed by atoms with E-state index in [2.05, 4.69) is 5.32 Å². The van der Waals surface area contributed by atoms with Crippen LogP contribution in [0, 0.1) is 6.92 Å². The summed E-state index contributed by atoms with van der Waals surface area (Å²) in [7, 11) is 0. The number of carbonyl (C=O) groups is 3. The topological polar surface area (TPSA) is 86.6 Å². The van der Waals surface area contributed by atoms with Crippen LogP contribution >= 0.6 is 23.2 Å². The number of hydrogen-bond donors (Lipinski definition) is 1. The van der Waals surface area contributed by atoms with Gasteiger partial charge >= 0.3 is 11.9 Å². The molecule has 3 aromatic rings. The highest BCUT2D eigenvalue weighted by Crippen LogP contribution is 2.29. The van der Waals surface area contributed by atoms with Crippen LogP contribution in [0.4, 0.5) is 5.69 Å². The minimum atomic E-state index is -0.830. The monoisotopic (exact) mass is 528 g/mol. The Balaban J connectivity index is 2.07. The molecule has 0 atom stereocenters. The number of nitrogens with one attached hydrogen (secondary N) is 1. The van der Waals surface area contributed by atoms with Crippen LogP contribution in [-0.4, -0.2) is 35.5 Å². The Bertz CT molecular complexity index is 1280. The van der Waals surface area contributed by atoms with Crippen molar-refractivity contribution in [2.45, 2.75) is 27.3 Å². The van der Waals surface area contributed by atoms with Gasteiger partial charge in [0.15, 0.2) is 11.4 Å². The van der Waals surface area contributed by atoms with Crippen LogP contribution in [0.25, 0.3) is 0 Å². The molecule has 36 heavy (non-hydrogen) atoms. The maximum Gasteiger partial charge on any atom is 0.347 e. The Morgan fingerprint density at radius 1 is 0.972 bits per heavy atom. The predicted octanol–water partition coefficient (Wildman–Crippen LogP) is 5.80. The molecule has 9 heteroatoms. The van der Waals surface area contributed by atoms with Crippen LogP contribution in [0.3, 0.4) is 0 Å². The van der Waals surface area contributed by atoms with Crippen LogP contribution in [0.5, 0.6) is 0 Å². The fourth-order valence-electron chi connectivity index (χ4n) is 3.55. The fraction of sp³-hybridized carbons (Fsp3) is 0.222. The Hall–Kier alpha value is -3.55. The first-order valence-electron chi connectivity index (χ1n) is 11.3. The van der Waals surface area contributed by atoms with E-state index in [4.69, 9.17) is 32.7 Å². The molecule has 7 nitrogen and oxygen atoms in total. The number of ether oxygens (including phenoxy) is 2. The molecule has 1 aromatic heterocycles. The predicted molar refractivity (Wildman–Crippen MR) is 140 cm³/mol. The Morgan fingerprint density at radius 3 is 2.19 bits per heavy atom. The molecule has 0 aliphatic carbocycles. The minimum Gasteiger partial charge on any atom is -0.462 e. The van der Waals surface area contributed by atoms with E-state index in [1.807, 2.05) is 23.6 Å². The molecule has 0 aliphatic heterocycles. The van der Waals surface area contributed by atoms with E-state index < -0.39 is 11.9 Å². The van der Waals surface area contributed by atoms with Gasteiger partial charge in [0, 0.05) is 40.2 Å². The van der Waals surface area contributed by atoms with Crippen LogP contribution in [-0.2, 0) is 25.6 Å². The van der Waals surface area contributed by atoms with Crippen molar-refractivity contribution in [1.82, 2.24) is 4.57 Å². The molecule has 0 saturated heterocycles. The lowest BCUT2D eigenvalue weighted by atomic mass is 10.0. The van der Waals surface area contributed by atoms with E-state index in [0.717, 1.165) is 5.56 Å². The Kier molecular flexibility index (Phi) is 9.33. The highest BCUT2D eigenvalue weighted by Gasteiger charge is 2.24. The molecule has 1 N–H and O–H groups in total. The lowest BCUT2D eigenvalue weighted by molar-refractivity contribution is -0.146. The van der Waals surface area contributed by atoms with Gasteiger partial charge in [-0.2, -0.15) is 0 Å². The summed E-state index contributed by atoms with van der Waals surface area (Å²) < 4.78 is 11.8. The summed E-state index contributed by atoms with van der Waals surface area (Å²) in [5, 5.41) is 3.97. The van der Waals surface area contributed by atoms with Crippen LogP contribution in [0.15, 0.2) is 66.5 Å². The van der Waals surface area contributed by atoms with E-state index in [9.17, 15) is 14.4 Å². The summed E-state index contributed by atoms with van der Waals surface area (Å²) in [6, 6.07) is 14.0. The molecule has 0 radical (unpaired) electrons. The summed E-state index contributed by atoms with van der Waals surface area (Å²) >= 11 is 12.4. The second kappa shape index (κ2) is 12.4. The normalized spacial score (nSPS) is 10.5. The van der Waals surface area contributed by atoms with Gasteiger partial charge in [-0.15, -0.1) is 0 Å². The fourth-order valence-corrected chi connectivity index (χ4v) is 4.02. The molecule has 0 saturated carbocycles. The van der Waals surface area contributed by atoms with E-state index in [1.165, 1.54) is 6.20 Å². The zero-order valence-electron chi connectivity index (χ0n) is 20.1. The van der Waals surface area contributed by atoms with E-state index in [-0.39, 0.29) is 24.6 Å². The third kappa shape index (κ3) is 6.36. The molecule has 2 aromatic carbocycles. The quantitative estimate of drug-likeness (QED) is 0.117. The average molecular weight is 529 g/mol. The van der Waals surface area contributed by atoms with Crippen molar-refractivity contribution in [3.05, 3.63) is 98.9 Å². The number of hydrogen-bond acceptors (Lipinski definition) is 6. The van der Waals surface area contributed by atoms with Gasteiger partial charge in [0.2, 0.25) is 0 Å². The van der Waals surface area contributed by atoms with Crippen LogP contribution < -0.4 is 5.32 Å². The number of ketones is 1. The number of carbonyl (C=O) groups excluding carboxylic acids is 3. The number of aromatic nitrogens is 1. The zero-order valence-corrected chi connectivity index (χ0v) is 21.7. The van der Waals surface area contributed by atoms with Crippen molar-refractivity contribution in [3.63, 3.8) is 0 Å². The summed E-state index contributed by atoms with van der Waals surface area (Å²) in [5.74, 6) is -1.88. The van der Waals surface area contributed by atoms with Gasteiger partial charge in [0.05, 0.1) is 24.5 Å². The summed E-state index contributed by atoms with van der Waals surface area (Å²) in [6.45, 7) is 5.62. The maximum atomic E-state index is 13.5. The van der Waals surface area contributed by atoms with Gasteiger partial charge < -0.3 is 19.4 Å². The molecule has 188 valence electrons. The first kappa shape index (κ1) is 27.0. The number of esters is 2. The molecule has 0 fully saturated rings. The highest BCUT2D eigenvalue weighted by molar-refractivity contribution is 6.35. The zero-order chi connectivity index (χ0) is 26.2. The Labute approximate surface area is 219 Å². The first-order chi connectivity index (χ1) is 17.3. The highest BCUT2D eigenvalue weighted by atomic mass is 35.5. The summed E-state index contributed by atoms with van der Waals surface area (Å²) in [5.41, 5.74) is 2.43. The van der Waals surface area contributed by atoms with Gasteiger partial charge in [0.25, 0.3) is 0 Å². The number of anilines is 1. The lowest BCUT2D eigenvalue weighted by Gasteiger charge is -2.09. The van der Waals surface area contributed by atoms with Crippen LogP contribution in [0.2, 0.25) is 10.0 Å². The first-order valence-corrected chi connectivity index (χ1v) is 12.1. The van der Waals surface area contributed by atoms with Crippen LogP contribution in [0.1, 0.15) is 41.0 Å². The number of nitrogens with zero attached hydrogens (tertiary/aromatic N) is 1. The average Bonchev–Trinajstić information content (AvgIpc) is 3.16. The van der Waals surface area contributed by atoms with Gasteiger partial charge in [0.1, 0.15) is 0 Å². The van der Waals surface area contributed by atoms with E-state index in [1.54, 1.807) is 56.4 Å². The number of benzene rings is 2. The maximum absolute atomic E-state index is 13.5. The lowest BCUT2D eigenvalue weighted by Crippen LogP contribution is -2.19. The second-order valence-electron chi connectivity index (χ2n) is 7.71. The molecule has 3 rings (SSSR count). The van der Waals surface area contributed by atoms with E-state index >= 15 is 0 Å². The molecule has 0 bridgehead atoms. The summed E-state index contributed by atoms with van der Waals surface area (Å²) in [4.78, 5) is 38.2. The van der Waals surface area contributed by atoms with Gasteiger partial charge in [-0.3, -0.25) is 4.79 Å². The molecular formula is C27H26Cl2N2O5. The van der Waals surface area contributed by atoms with E-state index in [0.29, 0.717) is 39.1 Å². The SMILES string of the molecule is CCOC(=O)C(=CNc1cn(Cc2ccc(Cl)cc2Cl)c(C)c1C(=O)c1ccccc1)C(=O)OCC. The van der Waals surface area contributed by atoms with Crippen molar-refractivity contribution < 1.29 is 23.9 Å². The van der Waals surface area contributed by atoms with Gasteiger partial charge in [-0.05, 0) is 38.5 Å². The largest absolute Gasteiger partial charge is 0.462 e.